The van der Waals surface area contributed by atoms with Gasteiger partial charge in [0, 0.05) is 11.3 Å². The smallest absolute Gasteiger partial charge is 0.123 e. The Bertz CT molecular complexity index is 514. The summed E-state index contributed by atoms with van der Waals surface area (Å²) in [5.74, 6) is 0.162. The van der Waals surface area contributed by atoms with E-state index in [1.165, 1.54) is 17.0 Å². The summed E-state index contributed by atoms with van der Waals surface area (Å²) in [6.07, 6.45) is 1.77. The van der Waals surface area contributed by atoms with Crippen molar-refractivity contribution in [3.63, 3.8) is 0 Å². The minimum absolute atomic E-state index is 0.195. The second kappa shape index (κ2) is 6.26. The number of rotatable bonds is 5. The average molecular weight is 278 g/mol. The Morgan fingerprint density at radius 2 is 1.89 bits per heavy atom. The highest BCUT2D eigenvalue weighted by atomic mass is 32.1. The molecule has 1 unspecified atom stereocenters. The second-order valence-corrected chi connectivity index (χ2v) is 6.17. The molecule has 2 N–H and O–H groups in total. The fourth-order valence-corrected chi connectivity index (χ4v) is 3.11. The van der Waals surface area contributed by atoms with Crippen LogP contribution < -0.4 is 5.73 Å². The lowest BCUT2D eigenvalue weighted by Crippen LogP contribution is -2.19. The maximum absolute atomic E-state index is 12.9. The van der Waals surface area contributed by atoms with Gasteiger partial charge >= 0.3 is 0 Å². The minimum Gasteiger partial charge on any atom is -0.330 e. The van der Waals surface area contributed by atoms with Gasteiger partial charge in [-0.25, -0.2) is 9.37 Å². The van der Waals surface area contributed by atoms with Crippen LogP contribution in [0.5, 0.6) is 0 Å². The molecule has 4 heteroatoms. The lowest BCUT2D eigenvalue weighted by Gasteiger charge is -2.13. The lowest BCUT2D eigenvalue weighted by atomic mass is 9.96. The summed E-state index contributed by atoms with van der Waals surface area (Å²) < 4.78 is 12.9. The van der Waals surface area contributed by atoms with Crippen molar-refractivity contribution >= 4 is 11.3 Å². The van der Waals surface area contributed by atoms with Gasteiger partial charge in [-0.3, -0.25) is 0 Å². The monoisotopic (exact) mass is 278 g/mol. The zero-order valence-corrected chi connectivity index (χ0v) is 12.1. The molecule has 1 aromatic heterocycles. The molecule has 1 heterocycles. The predicted molar refractivity (Wildman–Crippen MR) is 77.9 cm³/mol. The van der Waals surface area contributed by atoms with E-state index < -0.39 is 0 Å². The summed E-state index contributed by atoms with van der Waals surface area (Å²) >= 11 is 1.74. The Labute approximate surface area is 117 Å². The van der Waals surface area contributed by atoms with Crippen LogP contribution in [-0.4, -0.2) is 11.5 Å². The van der Waals surface area contributed by atoms with Crippen molar-refractivity contribution in [2.24, 2.45) is 11.7 Å². The average Bonchev–Trinajstić information content (AvgIpc) is 2.70. The highest BCUT2D eigenvalue weighted by molar-refractivity contribution is 7.11. The Morgan fingerprint density at radius 1 is 1.21 bits per heavy atom. The van der Waals surface area contributed by atoms with Gasteiger partial charge in [-0.15, -0.1) is 11.3 Å². The van der Waals surface area contributed by atoms with Gasteiger partial charge in [-0.2, -0.15) is 0 Å². The molecule has 0 fully saturated rings. The van der Waals surface area contributed by atoms with Crippen molar-refractivity contribution in [2.75, 3.05) is 6.54 Å². The summed E-state index contributed by atoms with van der Waals surface area (Å²) in [4.78, 5) is 5.83. The first-order valence-electron chi connectivity index (χ1n) is 6.46. The third kappa shape index (κ3) is 3.85. The Balaban J connectivity index is 2.02. The van der Waals surface area contributed by atoms with E-state index in [0.29, 0.717) is 12.5 Å². The molecule has 0 aliphatic heterocycles. The normalized spacial score (nSPS) is 12.6. The fraction of sp³-hybridized carbons (Fsp3) is 0.400. The molecule has 19 heavy (non-hydrogen) atoms. The van der Waals surface area contributed by atoms with E-state index in [1.807, 2.05) is 19.1 Å². The van der Waals surface area contributed by atoms with Gasteiger partial charge < -0.3 is 5.73 Å². The summed E-state index contributed by atoms with van der Waals surface area (Å²) in [5, 5.41) is 1.15. The highest BCUT2D eigenvalue weighted by Crippen LogP contribution is 2.21. The number of halogens is 1. The number of nitrogens with two attached hydrogens (primary N) is 1. The first-order chi connectivity index (χ1) is 9.08. The van der Waals surface area contributed by atoms with Crippen molar-refractivity contribution in [3.8, 4) is 0 Å². The molecule has 1 aromatic carbocycles. The van der Waals surface area contributed by atoms with Gasteiger partial charge in [0.15, 0.2) is 0 Å². The van der Waals surface area contributed by atoms with Crippen LogP contribution in [0.3, 0.4) is 0 Å². The molecule has 0 spiro atoms. The minimum atomic E-state index is -0.195. The van der Waals surface area contributed by atoms with Gasteiger partial charge in [0.25, 0.3) is 0 Å². The third-order valence-electron chi connectivity index (χ3n) is 3.31. The molecule has 2 nitrogen and oxygen atoms in total. The van der Waals surface area contributed by atoms with E-state index in [2.05, 4.69) is 11.9 Å². The summed E-state index contributed by atoms with van der Waals surface area (Å²) in [6.45, 7) is 4.75. The molecule has 0 bridgehead atoms. The van der Waals surface area contributed by atoms with Gasteiger partial charge in [0.2, 0.25) is 0 Å². The predicted octanol–water partition coefficient (Wildman–Crippen LogP) is 3.26. The summed E-state index contributed by atoms with van der Waals surface area (Å²) in [5.41, 5.74) is 8.08. The molecule has 0 aliphatic carbocycles. The van der Waals surface area contributed by atoms with E-state index in [1.54, 1.807) is 11.3 Å². The van der Waals surface area contributed by atoms with E-state index in [-0.39, 0.29) is 5.82 Å². The Kier molecular flexibility index (Phi) is 4.66. The third-order valence-corrected chi connectivity index (χ3v) is 4.40. The molecule has 102 valence electrons. The number of hydrogen-bond acceptors (Lipinski definition) is 3. The van der Waals surface area contributed by atoms with Crippen molar-refractivity contribution in [1.82, 2.24) is 4.98 Å². The van der Waals surface area contributed by atoms with Gasteiger partial charge in [-0.1, -0.05) is 12.1 Å². The van der Waals surface area contributed by atoms with Crippen LogP contribution in [0.4, 0.5) is 4.39 Å². The molecule has 1 atom stereocenters. The maximum Gasteiger partial charge on any atom is 0.123 e. The number of hydrogen-bond donors (Lipinski definition) is 1. The van der Waals surface area contributed by atoms with Gasteiger partial charge in [0.05, 0.1) is 10.7 Å². The van der Waals surface area contributed by atoms with Crippen LogP contribution in [0.2, 0.25) is 0 Å². The molecule has 0 aliphatic rings. The van der Waals surface area contributed by atoms with E-state index in [4.69, 9.17) is 5.73 Å². The summed E-state index contributed by atoms with van der Waals surface area (Å²) in [6, 6.07) is 6.66. The van der Waals surface area contributed by atoms with Crippen LogP contribution in [-0.2, 0) is 12.8 Å². The van der Waals surface area contributed by atoms with Crippen LogP contribution >= 0.6 is 11.3 Å². The SMILES string of the molecule is Cc1nc(CC(CN)Cc2ccc(F)cc2)sc1C. The number of benzene rings is 1. The molecule has 0 radical (unpaired) electrons. The van der Waals surface area contributed by atoms with Crippen molar-refractivity contribution in [1.29, 1.82) is 0 Å². The van der Waals surface area contributed by atoms with Crippen molar-refractivity contribution in [3.05, 3.63) is 51.2 Å². The Hall–Kier alpha value is -1.26. The van der Waals surface area contributed by atoms with Crippen LogP contribution in [0, 0.1) is 25.6 Å². The van der Waals surface area contributed by atoms with Crippen LogP contribution in [0.1, 0.15) is 21.1 Å². The standard InChI is InChI=1S/C15H19FN2S/c1-10-11(2)19-15(18-10)8-13(9-17)7-12-3-5-14(16)6-4-12/h3-6,13H,7-9,17H2,1-2H3. The molecule has 2 aromatic rings. The topological polar surface area (TPSA) is 38.9 Å². The van der Waals surface area contributed by atoms with Crippen LogP contribution in [0.25, 0.3) is 0 Å². The number of aryl methyl sites for hydroxylation is 2. The highest BCUT2D eigenvalue weighted by Gasteiger charge is 2.12. The zero-order valence-electron chi connectivity index (χ0n) is 11.3. The van der Waals surface area contributed by atoms with Gasteiger partial charge in [0.1, 0.15) is 5.82 Å². The summed E-state index contributed by atoms with van der Waals surface area (Å²) in [7, 11) is 0. The number of nitrogens with zero attached hydrogens (tertiary/aromatic N) is 1. The maximum atomic E-state index is 12.9. The molecular weight excluding hydrogens is 259 g/mol. The van der Waals surface area contributed by atoms with E-state index in [9.17, 15) is 4.39 Å². The first-order valence-corrected chi connectivity index (χ1v) is 7.27. The largest absolute Gasteiger partial charge is 0.330 e. The van der Waals surface area contributed by atoms with E-state index >= 15 is 0 Å². The molecule has 0 saturated carbocycles. The molecule has 0 amide bonds. The zero-order chi connectivity index (χ0) is 13.8. The quantitative estimate of drug-likeness (QED) is 0.911. The van der Waals surface area contributed by atoms with Crippen molar-refractivity contribution < 1.29 is 4.39 Å². The number of aromatic nitrogens is 1. The van der Waals surface area contributed by atoms with Crippen LogP contribution in [0.15, 0.2) is 24.3 Å². The molecule has 2 rings (SSSR count). The van der Waals surface area contributed by atoms with Crippen molar-refractivity contribution in [2.45, 2.75) is 26.7 Å². The van der Waals surface area contributed by atoms with E-state index in [0.717, 1.165) is 29.1 Å². The Morgan fingerprint density at radius 3 is 2.42 bits per heavy atom. The lowest BCUT2D eigenvalue weighted by molar-refractivity contribution is 0.530. The fourth-order valence-electron chi connectivity index (χ4n) is 2.07. The molecular formula is C15H19FN2S. The first kappa shape index (κ1) is 14.2. The second-order valence-electron chi connectivity index (χ2n) is 4.89. The number of thiazole rings is 1. The molecule has 0 saturated heterocycles. The van der Waals surface area contributed by atoms with Gasteiger partial charge in [-0.05, 0) is 50.4 Å².